The maximum absolute atomic E-state index is 11.5. The van der Waals surface area contributed by atoms with Crippen molar-refractivity contribution in [3.05, 3.63) is 40.2 Å². The largest absolute Gasteiger partial charge is 0.494 e. The van der Waals surface area contributed by atoms with Crippen molar-refractivity contribution in [2.75, 3.05) is 0 Å². The summed E-state index contributed by atoms with van der Waals surface area (Å²) in [6.07, 6.45) is 0. The zero-order chi connectivity index (χ0) is 15.4. The minimum atomic E-state index is -0.384. The highest BCUT2D eigenvalue weighted by atomic mass is 16.7. The molecular weight excluding hydrogens is 265 g/mol. The van der Waals surface area contributed by atoms with Crippen LogP contribution >= 0.6 is 0 Å². The summed E-state index contributed by atoms with van der Waals surface area (Å²) in [5.74, 6) is 0. The summed E-state index contributed by atoms with van der Waals surface area (Å²) >= 11 is 0. The quantitative estimate of drug-likeness (QED) is 0.817. The minimum Gasteiger partial charge on any atom is -0.399 e. The lowest BCUT2D eigenvalue weighted by molar-refractivity contribution is 0.00578. The lowest BCUT2D eigenvalue weighted by Crippen LogP contribution is -2.41. The number of aryl methyl sites for hydroxylation is 1. The third-order valence-electron chi connectivity index (χ3n) is 4.60. The van der Waals surface area contributed by atoms with E-state index in [0.717, 1.165) is 21.9 Å². The Morgan fingerprint density at radius 1 is 1.05 bits per heavy atom. The van der Waals surface area contributed by atoms with E-state index in [4.69, 9.17) is 9.31 Å². The number of hydrogen-bond acceptors (Lipinski definition) is 3. The minimum absolute atomic E-state index is 0.0802. The highest BCUT2D eigenvalue weighted by molar-refractivity contribution is 6.62. The van der Waals surface area contributed by atoms with Gasteiger partial charge in [0.05, 0.1) is 11.2 Å². The Morgan fingerprint density at radius 2 is 1.67 bits per heavy atom. The van der Waals surface area contributed by atoms with E-state index in [1.807, 2.05) is 52.8 Å². The molecule has 1 aromatic carbocycles. The van der Waals surface area contributed by atoms with E-state index in [1.54, 1.807) is 6.07 Å². The Hall–Kier alpha value is -1.59. The van der Waals surface area contributed by atoms with Crippen molar-refractivity contribution < 1.29 is 9.31 Å². The van der Waals surface area contributed by atoms with Crippen LogP contribution < -0.4 is 11.0 Å². The van der Waals surface area contributed by atoms with E-state index in [0.29, 0.717) is 0 Å². The Bertz CT molecular complexity index is 748. The first-order chi connectivity index (χ1) is 9.69. The van der Waals surface area contributed by atoms with E-state index in [2.05, 4.69) is 4.98 Å². The standard InChI is InChI=1S/C16H20BNO3/c1-10-8-14(19)18-13-7-6-11(9-12(10)13)17-20-15(2,3)16(4,5)21-17/h6-9H,1-5H3,(H,18,19). The average Bonchev–Trinajstić information content (AvgIpc) is 2.58. The molecule has 0 amide bonds. The van der Waals surface area contributed by atoms with Gasteiger partial charge in [-0.1, -0.05) is 12.1 Å². The van der Waals surface area contributed by atoms with Crippen LogP contribution in [-0.2, 0) is 9.31 Å². The van der Waals surface area contributed by atoms with Crippen molar-refractivity contribution in [1.82, 2.24) is 4.98 Å². The first kappa shape index (κ1) is 14.4. The molecule has 0 radical (unpaired) electrons. The number of fused-ring (bicyclic) bond motifs is 1. The van der Waals surface area contributed by atoms with Crippen LogP contribution in [0.3, 0.4) is 0 Å². The fourth-order valence-corrected chi connectivity index (χ4v) is 2.57. The van der Waals surface area contributed by atoms with Gasteiger partial charge in [0.15, 0.2) is 0 Å². The second-order valence-electron chi connectivity index (χ2n) is 6.71. The van der Waals surface area contributed by atoms with Crippen molar-refractivity contribution in [1.29, 1.82) is 0 Å². The predicted molar refractivity (Wildman–Crippen MR) is 85.0 cm³/mol. The number of pyridine rings is 1. The van der Waals surface area contributed by atoms with Crippen LogP contribution in [-0.4, -0.2) is 23.3 Å². The molecule has 0 atom stereocenters. The molecule has 1 saturated heterocycles. The van der Waals surface area contributed by atoms with Crippen LogP contribution in [0.15, 0.2) is 29.1 Å². The second-order valence-corrected chi connectivity index (χ2v) is 6.71. The van der Waals surface area contributed by atoms with Gasteiger partial charge in [-0.25, -0.2) is 0 Å². The Morgan fingerprint density at radius 3 is 2.29 bits per heavy atom. The van der Waals surface area contributed by atoms with Crippen LogP contribution in [0.25, 0.3) is 10.9 Å². The van der Waals surface area contributed by atoms with Gasteiger partial charge in [0.1, 0.15) is 0 Å². The molecule has 3 rings (SSSR count). The maximum atomic E-state index is 11.5. The molecule has 1 fully saturated rings. The third kappa shape index (κ3) is 2.30. The van der Waals surface area contributed by atoms with Gasteiger partial charge in [0.2, 0.25) is 5.56 Å². The maximum Gasteiger partial charge on any atom is 0.494 e. The average molecular weight is 285 g/mol. The molecular formula is C16H20BNO3. The summed E-state index contributed by atoms with van der Waals surface area (Å²) in [6.45, 7) is 10.1. The van der Waals surface area contributed by atoms with Crippen molar-refractivity contribution >= 4 is 23.5 Å². The Labute approximate surface area is 124 Å². The highest BCUT2D eigenvalue weighted by Crippen LogP contribution is 2.36. The summed E-state index contributed by atoms with van der Waals surface area (Å²) in [4.78, 5) is 14.4. The van der Waals surface area contributed by atoms with Crippen LogP contribution in [0, 0.1) is 6.92 Å². The van der Waals surface area contributed by atoms with Crippen LogP contribution in [0.1, 0.15) is 33.3 Å². The van der Waals surface area contributed by atoms with Gasteiger partial charge in [-0.05, 0) is 51.7 Å². The van der Waals surface area contributed by atoms with E-state index in [9.17, 15) is 4.79 Å². The first-order valence-electron chi connectivity index (χ1n) is 7.19. The van der Waals surface area contributed by atoms with Gasteiger partial charge >= 0.3 is 7.12 Å². The number of H-pyrrole nitrogens is 1. The van der Waals surface area contributed by atoms with E-state index in [-0.39, 0.29) is 23.9 Å². The van der Waals surface area contributed by atoms with Crippen molar-refractivity contribution in [2.24, 2.45) is 0 Å². The summed E-state index contributed by atoms with van der Waals surface area (Å²) in [5.41, 5.74) is 1.96. The predicted octanol–water partition coefficient (Wildman–Crippen LogP) is 2.14. The summed E-state index contributed by atoms with van der Waals surface area (Å²) < 4.78 is 12.1. The summed E-state index contributed by atoms with van der Waals surface area (Å²) in [6, 6.07) is 7.49. The number of benzene rings is 1. The molecule has 110 valence electrons. The van der Waals surface area contributed by atoms with Crippen molar-refractivity contribution in [2.45, 2.75) is 45.8 Å². The molecule has 1 N–H and O–H groups in total. The first-order valence-corrected chi connectivity index (χ1v) is 7.19. The number of aromatic amines is 1. The lowest BCUT2D eigenvalue weighted by Gasteiger charge is -2.32. The number of aromatic nitrogens is 1. The zero-order valence-electron chi connectivity index (χ0n) is 13.1. The fraction of sp³-hybridized carbons (Fsp3) is 0.438. The van der Waals surface area contributed by atoms with Crippen molar-refractivity contribution in [3.63, 3.8) is 0 Å². The molecule has 2 aromatic rings. The molecule has 0 bridgehead atoms. The van der Waals surface area contributed by atoms with E-state index in [1.165, 1.54) is 0 Å². The smallest absolute Gasteiger partial charge is 0.399 e. The molecule has 4 nitrogen and oxygen atoms in total. The van der Waals surface area contributed by atoms with Gasteiger partial charge in [0, 0.05) is 17.0 Å². The highest BCUT2D eigenvalue weighted by Gasteiger charge is 2.51. The molecule has 5 heteroatoms. The lowest BCUT2D eigenvalue weighted by atomic mass is 9.78. The number of hydrogen-bond donors (Lipinski definition) is 1. The molecule has 0 aliphatic carbocycles. The molecule has 21 heavy (non-hydrogen) atoms. The van der Waals surface area contributed by atoms with Crippen LogP contribution in [0.5, 0.6) is 0 Å². The molecule has 0 unspecified atom stereocenters. The summed E-state index contributed by atoms with van der Waals surface area (Å²) in [5, 5.41) is 1.02. The monoisotopic (exact) mass is 285 g/mol. The van der Waals surface area contributed by atoms with Crippen LogP contribution in [0.4, 0.5) is 0 Å². The Kier molecular flexibility index (Phi) is 3.04. The normalized spacial score (nSPS) is 20.1. The third-order valence-corrected chi connectivity index (χ3v) is 4.60. The fourth-order valence-electron chi connectivity index (χ4n) is 2.57. The number of rotatable bonds is 1. The Balaban J connectivity index is 2.05. The van der Waals surface area contributed by atoms with Crippen LogP contribution in [0.2, 0.25) is 0 Å². The molecule has 2 heterocycles. The van der Waals surface area contributed by atoms with Gasteiger partial charge in [0.25, 0.3) is 0 Å². The number of nitrogens with one attached hydrogen (secondary N) is 1. The van der Waals surface area contributed by atoms with Gasteiger partial charge < -0.3 is 14.3 Å². The molecule has 0 saturated carbocycles. The molecule has 0 spiro atoms. The van der Waals surface area contributed by atoms with E-state index < -0.39 is 0 Å². The molecule has 1 aliphatic rings. The molecule has 1 aromatic heterocycles. The van der Waals surface area contributed by atoms with Crippen molar-refractivity contribution in [3.8, 4) is 0 Å². The van der Waals surface area contributed by atoms with Gasteiger partial charge in [-0.3, -0.25) is 4.79 Å². The van der Waals surface area contributed by atoms with Gasteiger partial charge in [-0.15, -0.1) is 0 Å². The zero-order valence-corrected chi connectivity index (χ0v) is 13.1. The van der Waals surface area contributed by atoms with Gasteiger partial charge in [-0.2, -0.15) is 0 Å². The van der Waals surface area contributed by atoms with E-state index >= 15 is 0 Å². The molecule has 1 aliphatic heterocycles. The summed E-state index contributed by atoms with van der Waals surface area (Å²) in [7, 11) is -0.384. The SMILES string of the molecule is Cc1cc(=O)[nH]c2ccc(B3OC(C)(C)C(C)(C)O3)cc12. The second kappa shape index (κ2) is 4.45. The topological polar surface area (TPSA) is 51.3 Å².